The zero-order valence-corrected chi connectivity index (χ0v) is 15.2. The number of aliphatic hydroxyl groups excluding tert-OH is 1. The molecule has 2 aliphatic rings. The molecule has 27 heavy (non-hydrogen) atoms. The molecule has 2 heterocycles. The second kappa shape index (κ2) is 7.23. The maximum atomic E-state index is 13.6. The number of rotatable bonds is 3. The molecule has 0 bridgehead atoms. The van der Waals surface area contributed by atoms with Crippen molar-refractivity contribution < 1.29 is 14.3 Å². The SMILES string of the molecule is Cc1ccc(F)cc1C(=O)N1C[C@H]2C[C@@H](Nc3cnccn3)[C@H](O)C[C@H]2C1. The quantitative estimate of drug-likeness (QED) is 0.866. The Balaban J connectivity index is 1.45. The molecule has 2 N–H and O–H groups in total. The highest BCUT2D eigenvalue weighted by Crippen LogP contribution is 2.38. The van der Waals surface area contributed by atoms with Crippen LogP contribution in [0.1, 0.15) is 28.8 Å². The summed E-state index contributed by atoms with van der Waals surface area (Å²) in [5.74, 6) is 0.679. The first-order chi connectivity index (χ1) is 13.0. The van der Waals surface area contributed by atoms with Crippen LogP contribution in [0.4, 0.5) is 10.2 Å². The fourth-order valence-corrected chi connectivity index (χ4v) is 4.31. The third-order valence-electron chi connectivity index (χ3n) is 5.76. The van der Waals surface area contributed by atoms with Gasteiger partial charge in [0.1, 0.15) is 11.6 Å². The topological polar surface area (TPSA) is 78.4 Å². The third-order valence-corrected chi connectivity index (χ3v) is 5.76. The summed E-state index contributed by atoms with van der Waals surface area (Å²) in [5, 5.41) is 13.8. The number of carbonyl (C=O) groups is 1. The van der Waals surface area contributed by atoms with Gasteiger partial charge in [0.05, 0.1) is 18.3 Å². The molecule has 1 aromatic carbocycles. The number of hydrogen-bond donors (Lipinski definition) is 2. The standard InChI is InChI=1S/C20H23FN4O2/c1-12-2-3-15(21)8-16(12)20(27)25-10-13-6-17(18(26)7-14(13)11-25)24-19-9-22-4-5-23-19/h2-5,8-9,13-14,17-18,26H,6-7,10-11H2,1H3,(H,23,24)/t13-,14+,17-,18-/m1/s1. The Labute approximate surface area is 157 Å². The number of halogens is 1. The fourth-order valence-electron chi connectivity index (χ4n) is 4.31. The van der Waals surface area contributed by atoms with Crippen molar-refractivity contribution in [3.05, 3.63) is 53.7 Å². The van der Waals surface area contributed by atoms with Crippen molar-refractivity contribution in [1.82, 2.24) is 14.9 Å². The summed E-state index contributed by atoms with van der Waals surface area (Å²) >= 11 is 0. The van der Waals surface area contributed by atoms with E-state index < -0.39 is 11.9 Å². The number of aromatic nitrogens is 2. The highest BCUT2D eigenvalue weighted by atomic mass is 19.1. The Morgan fingerprint density at radius 3 is 2.78 bits per heavy atom. The second-order valence-corrected chi connectivity index (χ2v) is 7.57. The van der Waals surface area contributed by atoms with Crippen molar-refractivity contribution >= 4 is 11.7 Å². The van der Waals surface area contributed by atoms with Gasteiger partial charge in [-0.3, -0.25) is 9.78 Å². The minimum atomic E-state index is -0.501. The van der Waals surface area contributed by atoms with Gasteiger partial charge in [0.15, 0.2) is 0 Å². The van der Waals surface area contributed by atoms with E-state index in [0.29, 0.717) is 36.8 Å². The second-order valence-electron chi connectivity index (χ2n) is 7.57. The van der Waals surface area contributed by atoms with Gasteiger partial charge in [-0.2, -0.15) is 0 Å². The van der Waals surface area contributed by atoms with E-state index in [1.54, 1.807) is 29.6 Å². The molecule has 0 unspecified atom stereocenters. The van der Waals surface area contributed by atoms with Gasteiger partial charge < -0.3 is 15.3 Å². The molecule has 1 aliphatic heterocycles. The van der Waals surface area contributed by atoms with Gasteiger partial charge in [-0.15, -0.1) is 0 Å². The largest absolute Gasteiger partial charge is 0.391 e. The molecule has 1 aromatic heterocycles. The van der Waals surface area contributed by atoms with Crippen LogP contribution >= 0.6 is 0 Å². The summed E-state index contributed by atoms with van der Waals surface area (Å²) in [6, 6.07) is 4.20. The molecule has 6 nitrogen and oxygen atoms in total. The Kier molecular flexibility index (Phi) is 4.78. The van der Waals surface area contributed by atoms with E-state index in [9.17, 15) is 14.3 Å². The number of aryl methyl sites for hydroxylation is 1. The molecule has 1 saturated heterocycles. The Hall–Kier alpha value is -2.54. The van der Waals surface area contributed by atoms with E-state index in [4.69, 9.17) is 0 Å². The summed E-state index contributed by atoms with van der Waals surface area (Å²) in [6.07, 6.45) is 5.74. The zero-order chi connectivity index (χ0) is 19.0. The van der Waals surface area contributed by atoms with Crippen LogP contribution in [-0.2, 0) is 0 Å². The van der Waals surface area contributed by atoms with Crippen molar-refractivity contribution in [2.45, 2.75) is 31.9 Å². The predicted octanol–water partition coefficient (Wildman–Crippen LogP) is 2.25. The highest BCUT2D eigenvalue weighted by Gasteiger charge is 2.43. The number of hydrogen-bond acceptors (Lipinski definition) is 5. The molecular formula is C20H23FN4O2. The maximum absolute atomic E-state index is 13.6. The van der Waals surface area contributed by atoms with Crippen molar-refractivity contribution in [2.24, 2.45) is 11.8 Å². The number of fused-ring (bicyclic) bond motifs is 1. The summed E-state index contributed by atoms with van der Waals surface area (Å²) < 4.78 is 13.6. The van der Waals surface area contributed by atoms with Gasteiger partial charge in [-0.05, 0) is 49.3 Å². The summed E-state index contributed by atoms with van der Waals surface area (Å²) in [6.45, 7) is 3.06. The van der Waals surface area contributed by atoms with Gasteiger partial charge in [0, 0.05) is 31.0 Å². The number of nitrogens with one attached hydrogen (secondary N) is 1. The van der Waals surface area contributed by atoms with E-state index in [1.807, 2.05) is 6.92 Å². The predicted molar refractivity (Wildman–Crippen MR) is 98.7 cm³/mol. The molecule has 1 amide bonds. The lowest BCUT2D eigenvalue weighted by Crippen LogP contribution is -2.43. The minimum Gasteiger partial charge on any atom is -0.391 e. The highest BCUT2D eigenvalue weighted by molar-refractivity contribution is 5.95. The van der Waals surface area contributed by atoms with Crippen LogP contribution in [0.3, 0.4) is 0 Å². The first-order valence-corrected chi connectivity index (χ1v) is 9.27. The lowest BCUT2D eigenvalue weighted by molar-refractivity contribution is 0.0726. The summed E-state index contributed by atoms with van der Waals surface area (Å²) in [4.78, 5) is 22.9. The molecule has 1 aliphatic carbocycles. The number of anilines is 1. The Bertz CT molecular complexity index is 832. The molecule has 2 aromatic rings. The number of aliphatic hydroxyl groups is 1. The van der Waals surface area contributed by atoms with Gasteiger partial charge >= 0.3 is 0 Å². The number of likely N-dealkylation sites (tertiary alicyclic amines) is 1. The molecule has 4 rings (SSSR count). The van der Waals surface area contributed by atoms with Crippen LogP contribution in [0.2, 0.25) is 0 Å². The summed E-state index contributed by atoms with van der Waals surface area (Å²) in [5.41, 5.74) is 1.20. The molecule has 1 saturated carbocycles. The first-order valence-electron chi connectivity index (χ1n) is 9.27. The molecule has 2 fully saturated rings. The van der Waals surface area contributed by atoms with Crippen LogP contribution in [-0.4, -0.2) is 51.1 Å². The minimum absolute atomic E-state index is 0.117. The van der Waals surface area contributed by atoms with E-state index in [1.165, 1.54) is 12.1 Å². The van der Waals surface area contributed by atoms with E-state index in [0.717, 1.165) is 12.0 Å². The molecule has 142 valence electrons. The average Bonchev–Trinajstić information content (AvgIpc) is 3.07. The van der Waals surface area contributed by atoms with Crippen LogP contribution in [0.25, 0.3) is 0 Å². The normalized spacial score (nSPS) is 27.3. The monoisotopic (exact) mass is 370 g/mol. The van der Waals surface area contributed by atoms with Crippen molar-refractivity contribution in [3.63, 3.8) is 0 Å². The number of carbonyl (C=O) groups excluding carboxylic acids is 1. The van der Waals surface area contributed by atoms with E-state index in [2.05, 4.69) is 15.3 Å². The van der Waals surface area contributed by atoms with Gasteiger partial charge in [0.25, 0.3) is 5.91 Å². The fraction of sp³-hybridized carbons (Fsp3) is 0.450. The van der Waals surface area contributed by atoms with Crippen molar-refractivity contribution in [1.29, 1.82) is 0 Å². The number of amides is 1. The van der Waals surface area contributed by atoms with Gasteiger partial charge in [-0.1, -0.05) is 6.07 Å². The molecule has 4 atom stereocenters. The molecule has 0 radical (unpaired) electrons. The van der Waals surface area contributed by atoms with Crippen molar-refractivity contribution in [2.75, 3.05) is 18.4 Å². The van der Waals surface area contributed by atoms with Crippen LogP contribution in [0.15, 0.2) is 36.8 Å². The average molecular weight is 370 g/mol. The number of nitrogens with zero attached hydrogens (tertiary/aromatic N) is 3. The van der Waals surface area contributed by atoms with E-state index >= 15 is 0 Å². The smallest absolute Gasteiger partial charge is 0.254 e. The lowest BCUT2D eigenvalue weighted by atomic mass is 9.77. The Morgan fingerprint density at radius 1 is 1.26 bits per heavy atom. The third kappa shape index (κ3) is 3.64. The van der Waals surface area contributed by atoms with Gasteiger partial charge in [-0.25, -0.2) is 9.37 Å². The molecule has 0 spiro atoms. The van der Waals surface area contributed by atoms with Gasteiger partial charge in [0.2, 0.25) is 0 Å². The van der Waals surface area contributed by atoms with Crippen LogP contribution in [0, 0.1) is 24.6 Å². The van der Waals surface area contributed by atoms with E-state index in [-0.39, 0.29) is 17.9 Å². The first kappa shape index (κ1) is 17.9. The van der Waals surface area contributed by atoms with Crippen molar-refractivity contribution in [3.8, 4) is 0 Å². The zero-order valence-electron chi connectivity index (χ0n) is 15.2. The maximum Gasteiger partial charge on any atom is 0.254 e. The van der Waals surface area contributed by atoms with Crippen LogP contribution < -0.4 is 5.32 Å². The summed E-state index contributed by atoms with van der Waals surface area (Å²) in [7, 11) is 0. The number of benzene rings is 1. The molecular weight excluding hydrogens is 347 g/mol. The van der Waals surface area contributed by atoms with Crippen LogP contribution in [0.5, 0.6) is 0 Å². The lowest BCUT2D eigenvalue weighted by Gasteiger charge is -2.35. The Morgan fingerprint density at radius 2 is 2.04 bits per heavy atom. The molecule has 7 heteroatoms.